The molecule has 0 aliphatic rings. The molecular formula is C23H27N3. The van der Waals surface area contributed by atoms with Gasteiger partial charge in [-0.15, -0.1) is 0 Å². The van der Waals surface area contributed by atoms with Crippen molar-refractivity contribution >= 4 is 0 Å². The quantitative estimate of drug-likeness (QED) is 0.589. The highest BCUT2D eigenvalue weighted by Crippen LogP contribution is 2.26. The lowest BCUT2D eigenvalue weighted by atomic mass is 9.88. The van der Waals surface area contributed by atoms with Crippen molar-refractivity contribution in [1.29, 1.82) is 0 Å². The summed E-state index contributed by atoms with van der Waals surface area (Å²) in [4.78, 5) is 13.8. The van der Waals surface area contributed by atoms with Gasteiger partial charge < -0.3 is 0 Å². The van der Waals surface area contributed by atoms with Crippen LogP contribution in [0.25, 0.3) is 22.5 Å². The highest BCUT2D eigenvalue weighted by atomic mass is 14.7. The van der Waals surface area contributed by atoms with E-state index in [2.05, 4.69) is 86.8 Å². The Labute approximate surface area is 156 Å². The Morgan fingerprint density at radius 3 is 1.46 bits per heavy atom. The molecule has 0 fully saturated rings. The number of nitrogens with zero attached hydrogens (tertiary/aromatic N) is 3. The predicted molar refractivity (Wildman–Crippen MR) is 108 cm³/mol. The van der Waals surface area contributed by atoms with Gasteiger partial charge in [-0.1, -0.05) is 47.6 Å². The fourth-order valence-corrected chi connectivity index (χ4v) is 2.71. The topological polar surface area (TPSA) is 38.7 Å². The molecule has 3 rings (SSSR count). The molecule has 0 saturated carbocycles. The van der Waals surface area contributed by atoms with E-state index in [1.807, 2.05) is 24.7 Å². The van der Waals surface area contributed by atoms with E-state index in [-0.39, 0.29) is 10.8 Å². The van der Waals surface area contributed by atoms with E-state index < -0.39 is 0 Å². The molecule has 0 aliphatic heterocycles. The van der Waals surface area contributed by atoms with Crippen LogP contribution >= 0.6 is 0 Å². The minimum atomic E-state index is 0.0563. The molecule has 0 atom stereocenters. The zero-order chi connectivity index (χ0) is 18.9. The van der Waals surface area contributed by atoms with Gasteiger partial charge in [0.1, 0.15) is 0 Å². The van der Waals surface area contributed by atoms with E-state index in [0.717, 1.165) is 28.2 Å². The Morgan fingerprint density at radius 1 is 0.538 bits per heavy atom. The van der Waals surface area contributed by atoms with Crippen molar-refractivity contribution in [2.45, 2.75) is 52.4 Å². The van der Waals surface area contributed by atoms with Gasteiger partial charge in [-0.3, -0.25) is 15.0 Å². The molecule has 0 radical (unpaired) electrons. The molecule has 0 saturated heterocycles. The summed E-state index contributed by atoms with van der Waals surface area (Å²) in [6.45, 7) is 13.1. The molecule has 0 aromatic carbocycles. The summed E-state index contributed by atoms with van der Waals surface area (Å²) in [5, 5.41) is 0. The normalized spacial score (nSPS) is 12.2. The molecule has 3 aromatic heterocycles. The van der Waals surface area contributed by atoms with Gasteiger partial charge in [-0.05, 0) is 41.3 Å². The first-order chi connectivity index (χ1) is 12.1. The Hall–Kier alpha value is -2.55. The molecule has 0 aliphatic carbocycles. The zero-order valence-corrected chi connectivity index (χ0v) is 16.5. The van der Waals surface area contributed by atoms with Crippen molar-refractivity contribution in [3.63, 3.8) is 0 Å². The third-order valence-electron chi connectivity index (χ3n) is 4.52. The van der Waals surface area contributed by atoms with E-state index in [9.17, 15) is 0 Å². The first-order valence-electron chi connectivity index (χ1n) is 9.04. The maximum atomic E-state index is 4.61. The van der Waals surface area contributed by atoms with Crippen LogP contribution in [0.4, 0.5) is 0 Å². The maximum absolute atomic E-state index is 4.61. The smallest absolute Gasteiger partial charge is 0.0717 e. The first-order valence-corrected chi connectivity index (χ1v) is 9.04. The molecule has 0 bridgehead atoms. The molecule has 3 heteroatoms. The van der Waals surface area contributed by atoms with E-state index in [1.165, 1.54) is 5.56 Å². The van der Waals surface area contributed by atoms with Crippen LogP contribution in [0.15, 0.2) is 55.0 Å². The Bertz CT molecular complexity index is 787. The van der Waals surface area contributed by atoms with Gasteiger partial charge in [0.2, 0.25) is 0 Å². The molecule has 134 valence electrons. The van der Waals surface area contributed by atoms with Crippen LogP contribution in [0.3, 0.4) is 0 Å². The second-order valence-electron chi connectivity index (χ2n) is 8.80. The molecule has 0 amide bonds. The highest BCUT2D eigenvalue weighted by Gasteiger charge is 2.16. The average molecular weight is 345 g/mol. The molecule has 26 heavy (non-hydrogen) atoms. The van der Waals surface area contributed by atoms with Crippen LogP contribution in [0.2, 0.25) is 0 Å². The van der Waals surface area contributed by atoms with Crippen molar-refractivity contribution in [1.82, 2.24) is 15.0 Å². The average Bonchev–Trinajstić information content (AvgIpc) is 2.61. The molecule has 0 spiro atoms. The molecular weight excluding hydrogens is 318 g/mol. The molecule has 0 unspecified atom stereocenters. The van der Waals surface area contributed by atoms with Crippen molar-refractivity contribution in [2.24, 2.45) is 0 Å². The molecule has 3 aromatic rings. The minimum Gasteiger partial charge on any atom is -0.260 e. The summed E-state index contributed by atoms with van der Waals surface area (Å²) < 4.78 is 0. The van der Waals surface area contributed by atoms with Gasteiger partial charge in [0.15, 0.2) is 0 Å². The third kappa shape index (κ3) is 3.98. The fourth-order valence-electron chi connectivity index (χ4n) is 2.71. The van der Waals surface area contributed by atoms with Crippen LogP contribution < -0.4 is 0 Å². The summed E-state index contributed by atoms with van der Waals surface area (Å²) in [7, 11) is 0. The predicted octanol–water partition coefficient (Wildman–Crippen LogP) is 5.80. The van der Waals surface area contributed by atoms with Crippen molar-refractivity contribution < 1.29 is 0 Å². The van der Waals surface area contributed by atoms with Crippen LogP contribution in [0.1, 0.15) is 52.8 Å². The summed E-state index contributed by atoms with van der Waals surface area (Å²) >= 11 is 0. The standard InChI is InChI=1S/C23H27N3/c1-22(2,3)18-9-11-20(25-15-18)16-7-10-19(24-13-16)17-8-12-21(26-14-17)23(4,5)6/h7-15H,1-6H3. The second-order valence-corrected chi connectivity index (χ2v) is 8.80. The zero-order valence-electron chi connectivity index (χ0n) is 16.5. The number of rotatable bonds is 2. The van der Waals surface area contributed by atoms with Gasteiger partial charge in [-0.25, -0.2) is 0 Å². The van der Waals surface area contributed by atoms with Crippen LogP contribution in [-0.2, 0) is 10.8 Å². The van der Waals surface area contributed by atoms with E-state index in [0.29, 0.717) is 0 Å². The van der Waals surface area contributed by atoms with Crippen LogP contribution in [0, 0.1) is 0 Å². The van der Waals surface area contributed by atoms with Gasteiger partial charge in [0, 0.05) is 40.8 Å². The SMILES string of the molecule is CC(C)(C)c1ccc(-c2ccc(-c3ccc(C(C)(C)C)nc3)nc2)nc1. The van der Waals surface area contributed by atoms with Crippen LogP contribution in [0.5, 0.6) is 0 Å². The monoisotopic (exact) mass is 345 g/mol. The fraction of sp³-hybridized carbons (Fsp3) is 0.348. The maximum Gasteiger partial charge on any atom is 0.0717 e. The van der Waals surface area contributed by atoms with E-state index in [1.54, 1.807) is 0 Å². The van der Waals surface area contributed by atoms with Crippen molar-refractivity contribution in [3.8, 4) is 22.5 Å². The third-order valence-corrected chi connectivity index (χ3v) is 4.52. The number of hydrogen-bond donors (Lipinski definition) is 0. The van der Waals surface area contributed by atoms with Crippen LogP contribution in [-0.4, -0.2) is 15.0 Å². The molecule has 3 nitrogen and oxygen atoms in total. The summed E-state index contributed by atoms with van der Waals surface area (Å²) in [5.41, 5.74) is 6.40. The van der Waals surface area contributed by atoms with Gasteiger partial charge in [-0.2, -0.15) is 0 Å². The lowest BCUT2D eigenvalue weighted by Gasteiger charge is -2.18. The molecule has 3 heterocycles. The van der Waals surface area contributed by atoms with Gasteiger partial charge in [0.05, 0.1) is 11.4 Å². The summed E-state index contributed by atoms with van der Waals surface area (Å²) in [6.07, 6.45) is 5.74. The Balaban J connectivity index is 1.82. The summed E-state index contributed by atoms with van der Waals surface area (Å²) in [5.74, 6) is 0. The number of hydrogen-bond acceptors (Lipinski definition) is 3. The minimum absolute atomic E-state index is 0.0563. The largest absolute Gasteiger partial charge is 0.260 e. The lowest BCUT2D eigenvalue weighted by Crippen LogP contribution is -2.12. The lowest BCUT2D eigenvalue weighted by molar-refractivity contribution is 0.569. The Kier molecular flexibility index (Phi) is 4.66. The first kappa shape index (κ1) is 18.2. The molecule has 0 N–H and O–H groups in total. The number of aromatic nitrogens is 3. The highest BCUT2D eigenvalue weighted by molar-refractivity contribution is 5.64. The van der Waals surface area contributed by atoms with Gasteiger partial charge in [0.25, 0.3) is 0 Å². The van der Waals surface area contributed by atoms with E-state index >= 15 is 0 Å². The van der Waals surface area contributed by atoms with Gasteiger partial charge >= 0.3 is 0 Å². The van der Waals surface area contributed by atoms with Crippen molar-refractivity contribution in [3.05, 3.63) is 66.2 Å². The number of pyridine rings is 3. The summed E-state index contributed by atoms with van der Waals surface area (Å²) in [6, 6.07) is 12.5. The Morgan fingerprint density at radius 2 is 1.08 bits per heavy atom. The van der Waals surface area contributed by atoms with E-state index in [4.69, 9.17) is 0 Å². The second kappa shape index (κ2) is 6.64. The van der Waals surface area contributed by atoms with Crippen molar-refractivity contribution in [2.75, 3.05) is 0 Å².